The van der Waals surface area contributed by atoms with Gasteiger partial charge in [-0.15, -0.1) is 0 Å². The Morgan fingerprint density at radius 3 is 2.19 bits per heavy atom. The molecule has 0 unspecified atom stereocenters. The minimum Gasteiger partial charge on any atom is -0.493 e. The van der Waals surface area contributed by atoms with Crippen molar-refractivity contribution in [1.29, 1.82) is 0 Å². The van der Waals surface area contributed by atoms with Gasteiger partial charge in [0.2, 0.25) is 0 Å². The minimum absolute atomic E-state index is 0.0377. The Bertz CT molecular complexity index is 1140. The zero-order valence-corrected chi connectivity index (χ0v) is 18.3. The van der Waals surface area contributed by atoms with Gasteiger partial charge in [0, 0.05) is 17.6 Å². The molecule has 4 rings (SSSR count). The predicted molar refractivity (Wildman–Crippen MR) is 122 cm³/mol. The van der Waals surface area contributed by atoms with E-state index in [4.69, 9.17) is 14.2 Å². The Balaban J connectivity index is 1.58. The molecule has 0 saturated heterocycles. The fraction of sp³-hybridized carbons (Fsp3) is 0.222. The smallest absolute Gasteiger partial charge is 0.189 e. The number of Topliss-reactive ketones (excluding diaryl/α,β-unsaturated/α-hetero) is 1. The van der Waals surface area contributed by atoms with E-state index < -0.39 is 0 Å². The van der Waals surface area contributed by atoms with Crippen molar-refractivity contribution in [1.82, 2.24) is 0 Å². The number of ketones is 1. The third kappa shape index (κ3) is 4.19. The molecule has 0 atom stereocenters. The van der Waals surface area contributed by atoms with Gasteiger partial charge in [0.05, 0.1) is 14.2 Å². The molecule has 4 nitrogen and oxygen atoms in total. The van der Waals surface area contributed by atoms with Crippen LogP contribution in [0.5, 0.6) is 17.2 Å². The molecule has 31 heavy (non-hydrogen) atoms. The number of allylic oxidation sites excluding steroid dienone is 1. The number of ether oxygens (including phenoxy) is 3. The van der Waals surface area contributed by atoms with Crippen molar-refractivity contribution in [3.05, 3.63) is 93.6 Å². The highest BCUT2D eigenvalue weighted by molar-refractivity contribution is 6.16. The molecule has 4 heteroatoms. The maximum atomic E-state index is 13.0. The summed E-state index contributed by atoms with van der Waals surface area (Å²) >= 11 is 0. The van der Waals surface area contributed by atoms with E-state index in [-0.39, 0.29) is 5.78 Å². The molecule has 0 fully saturated rings. The van der Waals surface area contributed by atoms with Crippen LogP contribution in [-0.2, 0) is 13.0 Å². The highest BCUT2D eigenvalue weighted by Crippen LogP contribution is 2.37. The standard InChI is InChI=1S/C27H26O4/c1-17-10-20(11-18(2)27(17)31-16-19-8-6-5-7-9-19)12-22-13-21-14-24(29-3)25(30-4)15-23(21)26(22)28/h5-12,14-15H,13,16H2,1-4H3/b22-12-. The highest BCUT2D eigenvalue weighted by Gasteiger charge is 2.27. The summed E-state index contributed by atoms with van der Waals surface area (Å²) in [5.41, 5.74) is 6.64. The number of aryl methyl sites for hydroxylation is 2. The predicted octanol–water partition coefficient (Wildman–Crippen LogP) is 5.72. The molecule has 0 saturated carbocycles. The van der Waals surface area contributed by atoms with E-state index in [1.54, 1.807) is 20.3 Å². The number of benzene rings is 3. The maximum absolute atomic E-state index is 13.0. The summed E-state index contributed by atoms with van der Waals surface area (Å²) in [7, 11) is 3.18. The van der Waals surface area contributed by atoms with Crippen LogP contribution >= 0.6 is 0 Å². The Labute approximate surface area is 183 Å². The number of rotatable bonds is 6. The fourth-order valence-electron chi connectivity index (χ4n) is 4.08. The molecule has 0 heterocycles. The van der Waals surface area contributed by atoms with Crippen LogP contribution in [0.4, 0.5) is 0 Å². The van der Waals surface area contributed by atoms with Gasteiger partial charge in [-0.2, -0.15) is 0 Å². The summed E-state index contributed by atoms with van der Waals surface area (Å²) in [6, 6.07) is 17.9. The lowest BCUT2D eigenvalue weighted by Gasteiger charge is -2.13. The lowest BCUT2D eigenvalue weighted by Crippen LogP contribution is -2.00. The largest absolute Gasteiger partial charge is 0.493 e. The minimum atomic E-state index is 0.0377. The van der Waals surface area contributed by atoms with Crippen LogP contribution < -0.4 is 14.2 Å². The van der Waals surface area contributed by atoms with Crippen molar-refractivity contribution in [3.63, 3.8) is 0 Å². The van der Waals surface area contributed by atoms with Gasteiger partial charge in [0.25, 0.3) is 0 Å². The molecular formula is C27H26O4. The van der Waals surface area contributed by atoms with Crippen LogP contribution in [0, 0.1) is 13.8 Å². The van der Waals surface area contributed by atoms with E-state index in [1.807, 2.05) is 44.2 Å². The van der Waals surface area contributed by atoms with Gasteiger partial charge in [0.15, 0.2) is 17.3 Å². The summed E-state index contributed by atoms with van der Waals surface area (Å²) in [6.45, 7) is 4.60. The Kier molecular flexibility index (Phi) is 5.81. The van der Waals surface area contributed by atoms with Gasteiger partial charge in [-0.25, -0.2) is 0 Å². The highest BCUT2D eigenvalue weighted by atomic mass is 16.5. The molecule has 0 spiro atoms. The van der Waals surface area contributed by atoms with Crippen molar-refractivity contribution in [2.24, 2.45) is 0 Å². The van der Waals surface area contributed by atoms with Crippen LogP contribution in [0.1, 0.15) is 38.2 Å². The van der Waals surface area contributed by atoms with Crippen molar-refractivity contribution in [2.75, 3.05) is 14.2 Å². The van der Waals surface area contributed by atoms with Crippen molar-refractivity contribution in [2.45, 2.75) is 26.9 Å². The zero-order valence-electron chi connectivity index (χ0n) is 18.3. The molecule has 0 N–H and O–H groups in total. The molecular weight excluding hydrogens is 388 g/mol. The topological polar surface area (TPSA) is 44.8 Å². The van der Waals surface area contributed by atoms with Crippen molar-refractivity contribution in [3.8, 4) is 17.2 Å². The second-order valence-electron chi connectivity index (χ2n) is 7.80. The average molecular weight is 415 g/mol. The second-order valence-corrected chi connectivity index (χ2v) is 7.80. The van der Waals surface area contributed by atoms with Crippen LogP contribution in [0.25, 0.3) is 6.08 Å². The third-order valence-electron chi connectivity index (χ3n) is 5.58. The van der Waals surface area contributed by atoms with Crippen LogP contribution in [-0.4, -0.2) is 20.0 Å². The zero-order chi connectivity index (χ0) is 22.0. The SMILES string of the molecule is COc1cc2c(cc1OC)C(=O)/C(=C\c1cc(C)c(OCc3ccccc3)c(C)c1)C2. The fourth-order valence-corrected chi connectivity index (χ4v) is 4.08. The first kappa shape index (κ1) is 20.7. The van der Waals surface area contributed by atoms with E-state index in [0.29, 0.717) is 30.1 Å². The number of hydrogen-bond acceptors (Lipinski definition) is 4. The van der Waals surface area contributed by atoms with Gasteiger partial charge in [-0.3, -0.25) is 4.79 Å². The lowest BCUT2D eigenvalue weighted by molar-refractivity contribution is 0.104. The Hall–Kier alpha value is -3.53. The molecule has 0 amide bonds. The second kappa shape index (κ2) is 8.68. The van der Waals surface area contributed by atoms with E-state index in [1.165, 1.54) is 0 Å². The van der Waals surface area contributed by atoms with E-state index in [2.05, 4.69) is 24.3 Å². The van der Waals surface area contributed by atoms with Crippen LogP contribution in [0.2, 0.25) is 0 Å². The van der Waals surface area contributed by atoms with Gasteiger partial charge in [-0.05, 0) is 72.0 Å². The molecule has 1 aliphatic carbocycles. The van der Waals surface area contributed by atoms with Crippen LogP contribution in [0.3, 0.4) is 0 Å². The number of hydrogen-bond donors (Lipinski definition) is 0. The number of methoxy groups -OCH3 is 2. The first-order valence-corrected chi connectivity index (χ1v) is 10.3. The number of carbonyl (C=O) groups excluding carboxylic acids is 1. The van der Waals surface area contributed by atoms with Gasteiger partial charge in [0.1, 0.15) is 12.4 Å². The molecule has 0 bridgehead atoms. The maximum Gasteiger partial charge on any atom is 0.189 e. The molecule has 0 radical (unpaired) electrons. The summed E-state index contributed by atoms with van der Waals surface area (Å²) < 4.78 is 16.8. The van der Waals surface area contributed by atoms with E-state index in [9.17, 15) is 4.79 Å². The first-order chi connectivity index (χ1) is 15.0. The Morgan fingerprint density at radius 2 is 1.55 bits per heavy atom. The van der Waals surface area contributed by atoms with Crippen LogP contribution in [0.15, 0.2) is 60.2 Å². The van der Waals surface area contributed by atoms with E-state index >= 15 is 0 Å². The van der Waals surface area contributed by atoms with Crippen molar-refractivity contribution >= 4 is 11.9 Å². The Morgan fingerprint density at radius 1 is 0.903 bits per heavy atom. The van der Waals surface area contributed by atoms with Gasteiger partial charge in [-0.1, -0.05) is 30.3 Å². The number of carbonyl (C=O) groups is 1. The lowest BCUT2D eigenvalue weighted by atomic mass is 10.0. The first-order valence-electron chi connectivity index (χ1n) is 10.3. The molecule has 3 aromatic rings. The monoisotopic (exact) mass is 414 g/mol. The summed E-state index contributed by atoms with van der Waals surface area (Å²) in [6.07, 6.45) is 2.56. The van der Waals surface area contributed by atoms with Gasteiger partial charge < -0.3 is 14.2 Å². The molecule has 0 aliphatic heterocycles. The third-order valence-corrected chi connectivity index (χ3v) is 5.58. The average Bonchev–Trinajstić information content (AvgIpc) is 3.07. The van der Waals surface area contributed by atoms with E-state index in [0.717, 1.165) is 39.1 Å². The normalized spacial score (nSPS) is 13.9. The number of fused-ring (bicyclic) bond motifs is 1. The molecule has 0 aromatic heterocycles. The molecule has 158 valence electrons. The summed E-state index contributed by atoms with van der Waals surface area (Å²) in [5, 5.41) is 0. The summed E-state index contributed by atoms with van der Waals surface area (Å²) in [5.74, 6) is 2.14. The summed E-state index contributed by atoms with van der Waals surface area (Å²) in [4.78, 5) is 13.0. The van der Waals surface area contributed by atoms with Gasteiger partial charge >= 0.3 is 0 Å². The molecule has 3 aromatic carbocycles. The quantitative estimate of drug-likeness (QED) is 0.484. The molecule has 1 aliphatic rings. The van der Waals surface area contributed by atoms with Crippen molar-refractivity contribution < 1.29 is 19.0 Å².